The number of halogens is 1. The highest BCUT2D eigenvalue weighted by atomic mass is 32.1. The zero-order valence-electron chi connectivity index (χ0n) is 15.0. The van der Waals surface area contributed by atoms with Gasteiger partial charge in [0.05, 0.1) is 12.1 Å². The summed E-state index contributed by atoms with van der Waals surface area (Å²) in [6.45, 7) is 6.97. The van der Waals surface area contributed by atoms with E-state index in [9.17, 15) is 9.18 Å². The molecule has 1 aromatic heterocycles. The number of thiophene rings is 1. The number of benzene rings is 1. The zero-order valence-corrected chi connectivity index (χ0v) is 15.8. The third-order valence-corrected chi connectivity index (χ3v) is 6.09. The van der Waals surface area contributed by atoms with Crippen LogP contribution in [0, 0.1) is 12.7 Å². The lowest BCUT2D eigenvalue weighted by Crippen LogP contribution is -2.45. The highest BCUT2D eigenvalue weighted by Gasteiger charge is 2.34. The van der Waals surface area contributed by atoms with Crippen LogP contribution in [0.5, 0.6) is 0 Å². The number of carbonyl (C=O) groups excluding carboxylic acids is 1. The maximum atomic E-state index is 13.1. The molecule has 5 heteroatoms. The van der Waals surface area contributed by atoms with E-state index >= 15 is 0 Å². The normalized spacial score (nSPS) is 20.4. The zero-order chi connectivity index (χ0) is 18.0. The van der Waals surface area contributed by atoms with Crippen molar-refractivity contribution < 1.29 is 9.18 Å². The van der Waals surface area contributed by atoms with Gasteiger partial charge < -0.3 is 5.32 Å². The van der Waals surface area contributed by atoms with Crippen LogP contribution < -0.4 is 5.32 Å². The maximum absolute atomic E-state index is 13.1. The van der Waals surface area contributed by atoms with Crippen LogP contribution in [0.4, 0.5) is 4.39 Å². The molecule has 2 heterocycles. The largest absolute Gasteiger partial charge is 0.348 e. The number of hydrogen-bond acceptors (Lipinski definition) is 3. The molecule has 0 saturated carbocycles. The second kappa shape index (κ2) is 7.67. The minimum Gasteiger partial charge on any atom is -0.348 e. The van der Waals surface area contributed by atoms with Crippen molar-refractivity contribution in [2.45, 2.75) is 51.7 Å². The molecular weight excluding hydrogens is 335 g/mol. The van der Waals surface area contributed by atoms with Gasteiger partial charge in [0.2, 0.25) is 5.91 Å². The highest BCUT2D eigenvalue weighted by molar-refractivity contribution is 7.12. The molecule has 1 amide bonds. The summed E-state index contributed by atoms with van der Waals surface area (Å²) in [6, 6.07) is 10.6. The molecule has 25 heavy (non-hydrogen) atoms. The smallest absolute Gasteiger partial charge is 0.237 e. The number of aryl methyl sites for hydroxylation is 1. The van der Waals surface area contributed by atoms with E-state index in [4.69, 9.17) is 0 Å². The number of amides is 1. The Kier molecular flexibility index (Phi) is 5.54. The quantitative estimate of drug-likeness (QED) is 0.845. The molecule has 1 aliphatic heterocycles. The summed E-state index contributed by atoms with van der Waals surface area (Å²) in [5.74, 6) is -0.237. The topological polar surface area (TPSA) is 32.3 Å². The number of hydrogen-bond donors (Lipinski definition) is 1. The highest BCUT2D eigenvalue weighted by Crippen LogP contribution is 2.37. The Morgan fingerprint density at radius 1 is 1.24 bits per heavy atom. The SMILES string of the molecule is Cc1ccc(C2CCCN2C(C)C(=O)NC(C)c2ccc(F)cc2)s1. The van der Waals surface area contributed by atoms with Crippen molar-refractivity contribution in [2.24, 2.45) is 0 Å². The molecular formula is C20H25FN2OS. The minimum absolute atomic E-state index is 0.0250. The Hall–Kier alpha value is -1.72. The average molecular weight is 360 g/mol. The molecule has 2 aromatic rings. The molecule has 1 N–H and O–H groups in total. The maximum Gasteiger partial charge on any atom is 0.237 e. The van der Waals surface area contributed by atoms with E-state index in [2.05, 4.69) is 29.3 Å². The summed E-state index contributed by atoms with van der Waals surface area (Å²) in [4.78, 5) is 17.7. The van der Waals surface area contributed by atoms with Crippen molar-refractivity contribution in [1.82, 2.24) is 10.2 Å². The van der Waals surface area contributed by atoms with Gasteiger partial charge in [-0.3, -0.25) is 9.69 Å². The standard InChI is InChI=1S/C20H25FN2OS/c1-13-6-11-19(25-13)18-5-4-12-23(18)15(3)20(24)22-14(2)16-7-9-17(21)10-8-16/h6-11,14-15,18H,4-5,12H2,1-3H3,(H,22,24). The van der Waals surface area contributed by atoms with Crippen LogP contribution in [0.25, 0.3) is 0 Å². The van der Waals surface area contributed by atoms with Crippen LogP contribution in [0.15, 0.2) is 36.4 Å². The van der Waals surface area contributed by atoms with E-state index in [1.54, 1.807) is 12.1 Å². The molecule has 3 rings (SSSR count). The third-order valence-electron chi connectivity index (χ3n) is 4.99. The van der Waals surface area contributed by atoms with Crippen molar-refractivity contribution in [1.29, 1.82) is 0 Å². The second-order valence-electron chi connectivity index (χ2n) is 6.80. The molecule has 1 saturated heterocycles. The number of nitrogens with one attached hydrogen (secondary N) is 1. The molecule has 0 bridgehead atoms. The lowest BCUT2D eigenvalue weighted by molar-refractivity contribution is -0.126. The predicted molar refractivity (Wildman–Crippen MR) is 100 cm³/mol. The third kappa shape index (κ3) is 4.10. The fourth-order valence-electron chi connectivity index (χ4n) is 3.51. The Morgan fingerprint density at radius 3 is 2.60 bits per heavy atom. The van der Waals surface area contributed by atoms with Crippen molar-refractivity contribution in [3.05, 3.63) is 57.5 Å². The lowest BCUT2D eigenvalue weighted by Gasteiger charge is -2.30. The first kappa shape index (κ1) is 18.1. The first-order chi connectivity index (χ1) is 12.0. The van der Waals surface area contributed by atoms with Gasteiger partial charge in [-0.2, -0.15) is 0 Å². The monoisotopic (exact) mass is 360 g/mol. The molecule has 3 unspecified atom stereocenters. The van der Waals surface area contributed by atoms with Gasteiger partial charge in [0, 0.05) is 15.8 Å². The molecule has 1 fully saturated rings. The molecule has 0 spiro atoms. The molecule has 0 radical (unpaired) electrons. The van der Waals surface area contributed by atoms with Gasteiger partial charge in [0.15, 0.2) is 0 Å². The van der Waals surface area contributed by atoms with Gasteiger partial charge in [-0.05, 0) is 70.0 Å². The van der Waals surface area contributed by atoms with E-state index in [1.807, 2.05) is 25.2 Å². The van der Waals surface area contributed by atoms with Crippen LogP contribution in [0.3, 0.4) is 0 Å². The fourth-order valence-corrected chi connectivity index (χ4v) is 4.54. The molecule has 3 nitrogen and oxygen atoms in total. The molecule has 1 aliphatic rings. The van der Waals surface area contributed by atoms with Gasteiger partial charge in [0.1, 0.15) is 5.82 Å². The van der Waals surface area contributed by atoms with E-state index in [0.717, 1.165) is 24.9 Å². The van der Waals surface area contributed by atoms with Crippen LogP contribution >= 0.6 is 11.3 Å². The van der Waals surface area contributed by atoms with Gasteiger partial charge >= 0.3 is 0 Å². The number of nitrogens with zero attached hydrogens (tertiary/aromatic N) is 1. The Morgan fingerprint density at radius 2 is 1.96 bits per heavy atom. The summed E-state index contributed by atoms with van der Waals surface area (Å²) < 4.78 is 13.1. The van der Waals surface area contributed by atoms with E-state index in [-0.39, 0.29) is 23.8 Å². The molecule has 134 valence electrons. The van der Waals surface area contributed by atoms with Gasteiger partial charge in [0.25, 0.3) is 0 Å². The van der Waals surface area contributed by atoms with Gasteiger partial charge in [-0.15, -0.1) is 11.3 Å². The fraction of sp³-hybridized carbons (Fsp3) is 0.450. The number of rotatable bonds is 5. The van der Waals surface area contributed by atoms with Crippen LogP contribution in [-0.4, -0.2) is 23.4 Å². The molecule has 1 aromatic carbocycles. The molecule has 0 aliphatic carbocycles. The van der Waals surface area contributed by atoms with Crippen LogP contribution in [0.2, 0.25) is 0 Å². The van der Waals surface area contributed by atoms with Crippen molar-refractivity contribution >= 4 is 17.2 Å². The molecule has 3 atom stereocenters. The first-order valence-corrected chi connectivity index (χ1v) is 9.65. The summed E-state index contributed by atoms with van der Waals surface area (Å²) >= 11 is 1.82. The summed E-state index contributed by atoms with van der Waals surface area (Å²) in [5.41, 5.74) is 0.911. The summed E-state index contributed by atoms with van der Waals surface area (Å²) in [6.07, 6.45) is 2.22. The average Bonchev–Trinajstić information content (AvgIpc) is 3.23. The predicted octanol–water partition coefficient (Wildman–Crippen LogP) is 4.60. The Labute approximate surface area is 152 Å². The van der Waals surface area contributed by atoms with Crippen LogP contribution in [-0.2, 0) is 4.79 Å². The lowest BCUT2D eigenvalue weighted by atomic mass is 10.1. The Bertz CT molecular complexity index is 728. The Balaban J connectivity index is 1.66. The van der Waals surface area contributed by atoms with Gasteiger partial charge in [-0.1, -0.05) is 12.1 Å². The summed E-state index contributed by atoms with van der Waals surface area (Å²) in [7, 11) is 0. The summed E-state index contributed by atoms with van der Waals surface area (Å²) in [5, 5.41) is 3.07. The van der Waals surface area contributed by atoms with E-state index < -0.39 is 0 Å². The van der Waals surface area contributed by atoms with Crippen molar-refractivity contribution in [2.75, 3.05) is 6.54 Å². The van der Waals surface area contributed by atoms with E-state index in [0.29, 0.717) is 6.04 Å². The van der Waals surface area contributed by atoms with Crippen LogP contribution in [0.1, 0.15) is 54.1 Å². The number of carbonyl (C=O) groups is 1. The minimum atomic E-state index is -0.262. The van der Waals surface area contributed by atoms with Gasteiger partial charge in [-0.25, -0.2) is 4.39 Å². The van der Waals surface area contributed by atoms with E-state index in [1.165, 1.54) is 21.9 Å². The number of likely N-dealkylation sites (tertiary alicyclic amines) is 1. The first-order valence-electron chi connectivity index (χ1n) is 8.83. The van der Waals surface area contributed by atoms with Crippen molar-refractivity contribution in [3.63, 3.8) is 0 Å². The second-order valence-corrected chi connectivity index (χ2v) is 8.12. The van der Waals surface area contributed by atoms with Crippen molar-refractivity contribution in [3.8, 4) is 0 Å².